The summed E-state index contributed by atoms with van der Waals surface area (Å²) >= 11 is 0. The number of methoxy groups -OCH3 is 1. The number of aromatic nitrogens is 1. The van der Waals surface area contributed by atoms with Crippen molar-refractivity contribution in [1.82, 2.24) is 4.98 Å². The molecule has 2 heterocycles. The van der Waals surface area contributed by atoms with Crippen molar-refractivity contribution >= 4 is 29.3 Å². The van der Waals surface area contributed by atoms with Gasteiger partial charge in [0.15, 0.2) is 17.4 Å². The van der Waals surface area contributed by atoms with Gasteiger partial charge < -0.3 is 14.8 Å². The second kappa shape index (κ2) is 9.30. The van der Waals surface area contributed by atoms with Crippen LogP contribution in [0.25, 0.3) is 0 Å². The number of hydrogen-bond acceptors (Lipinski definition) is 6. The van der Waals surface area contributed by atoms with Gasteiger partial charge in [0.05, 0.1) is 19.2 Å². The predicted octanol–water partition coefficient (Wildman–Crippen LogP) is 3.72. The number of nitrogens with zero attached hydrogens (tertiary/aromatic N) is 2. The van der Waals surface area contributed by atoms with Gasteiger partial charge in [-0.05, 0) is 35.9 Å². The van der Waals surface area contributed by atoms with Gasteiger partial charge in [0, 0.05) is 23.9 Å². The number of benzene rings is 2. The number of Topliss-reactive ketones (excluding diaryl/α,β-unsaturated/α-hetero) is 1. The first-order valence-corrected chi connectivity index (χ1v) is 10.0. The van der Waals surface area contributed by atoms with Crippen molar-refractivity contribution in [3.63, 3.8) is 0 Å². The van der Waals surface area contributed by atoms with Gasteiger partial charge in [-0.3, -0.25) is 9.69 Å². The molecular weight excluding hydrogens is 410 g/mol. The molecule has 0 radical (unpaired) electrons. The number of rotatable bonds is 5. The standard InChI is InChI=1S/C24H21N3O5/c1-31-23(29)18-7-5-6-17(14-18)20(28)12-16-13-21-22(25-15-16)27(10-11-32-21)24(30)26-19-8-3-2-4-9-19/h2-9,13-15H,10-12H2,1H3,(H,26,30). The summed E-state index contributed by atoms with van der Waals surface area (Å²) in [6.45, 7) is 0.673. The number of anilines is 2. The molecule has 3 aromatic rings. The van der Waals surface area contributed by atoms with E-state index in [1.165, 1.54) is 18.1 Å². The third kappa shape index (κ3) is 4.59. The lowest BCUT2D eigenvalue weighted by molar-refractivity contribution is 0.0600. The fourth-order valence-corrected chi connectivity index (χ4v) is 3.37. The van der Waals surface area contributed by atoms with Gasteiger partial charge in [-0.2, -0.15) is 0 Å². The van der Waals surface area contributed by atoms with E-state index < -0.39 is 5.97 Å². The molecule has 1 aliphatic rings. The molecule has 0 fully saturated rings. The average Bonchev–Trinajstić information content (AvgIpc) is 2.83. The fraction of sp³-hybridized carbons (Fsp3) is 0.167. The van der Waals surface area contributed by atoms with Crippen molar-refractivity contribution in [2.75, 3.05) is 30.5 Å². The first-order valence-electron chi connectivity index (χ1n) is 10.0. The number of carbonyl (C=O) groups excluding carboxylic acids is 3. The first kappa shape index (κ1) is 21.0. The number of amides is 2. The number of fused-ring (bicyclic) bond motifs is 1. The summed E-state index contributed by atoms with van der Waals surface area (Å²) in [5.41, 5.74) is 2.03. The number of urea groups is 1. The summed E-state index contributed by atoms with van der Waals surface area (Å²) in [5, 5.41) is 2.84. The first-order chi connectivity index (χ1) is 15.5. The molecule has 2 amide bonds. The molecule has 8 heteroatoms. The Labute approximate surface area is 184 Å². The number of hydrogen-bond donors (Lipinski definition) is 1. The Bertz CT molecular complexity index is 1160. The zero-order chi connectivity index (χ0) is 22.5. The van der Waals surface area contributed by atoms with E-state index in [1.807, 2.05) is 18.2 Å². The second-order valence-corrected chi connectivity index (χ2v) is 7.13. The third-order valence-electron chi connectivity index (χ3n) is 4.96. The Hall–Kier alpha value is -4.20. The van der Waals surface area contributed by atoms with E-state index in [-0.39, 0.29) is 18.2 Å². The molecular formula is C24H21N3O5. The maximum absolute atomic E-state index is 12.7. The van der Waals surface area contributed by atoms with Crippen LogP contribution in [0.1, 0.15) is 26.3 Å². The van der Waals surface area contributed by atoms with E-state index in [2.05, 4.69) is 10.3 Å². The van der Waals surface area contributed by atoms with E-state index in [4.69, 9.17) is 9.47 Å². The summed E-state index contributed by atoms with van der Waals surface area (Å²) in [6.07, 6.45) is 1.63. The molecule has 0 saturated heterocycles. The Morgan fingerprint density at radius 2 is 1.84 bits per heavy atom. The summed E-state index contributed by atoms with van der Waals surface area (Å²) in [6, 6.07) is 16.9. The number of ether oxygens (including phenoxy) is 2. The van der Waals surface area contributed by atoms with Crippen molar-refractivity contribution < 1.29 is 23.9 Å². The number of para-hydroxylation sites is 1. The normalized spacial score (nSPS) is 12.3. The Balaban J connectivity index is 1.49. The number of pyridine rings is 1. The minimum atomic E-state index is -0.502. The van der Waals surface area contributed by atoms with Crippen molar-refractivity contribution in [2.24, 2.45) is 0 Å². The highest BCUT2D eigenvalue weighted by Crippen LogP contribution is 2.31. The van der Waals surface area contributed by atoms with Gasteiger partial charge >= 0.3 is 12.0 Å². The lowest BCUT2D eigenvalue weighted by Gasteiger charge is -2.28. The highest BCUT2D eigenvalue weighted by Gasteiger charge is 2.26. The van der Waals surface area contributed by atoms with Crippen LogP contribution in [-0.2, 0) is 11.2 Å². The molecule has 0 aliphatic carbocycles. The van der Waals surface area contributed by atoms with Crippen LogP contribution >= 0.6 is 0 Å². The number of carbonyl (C=O) groups is 3. The SMILES string of the molecule is COC(=O)c1cccc(C(=O)Cc2cnc3c(c2)OCCN3C(=O)Nc2ccccc2)c1. The Morgan fingerprint density at radius 3 is 2.62 bits per heavy atom. The molecule has 2 aromatic carbocycles. The molecule has 0 atom stereocenters. The molecule has 1 aliphatic heterocycles. The van der Waals surface area contributed by atoms with Gasteiger partial charge in [-0.1, -0.05) is 30.3 Å². The van der Waals surface area contributed by atoms with Crippen LogP contribution in [0.4, 0.5) is 16.3 Å². The zero-order valence-electron chi connectivity index (χ0n) is 17.4. The maximum Gasteiger partial charge on any atom is 0.337 e. The number of nitrogens with one attached hydrogen (secondary N) is 1. The molecule has 0 spiro atoms. The van der Waals surface area contributed by atoms with Crippen molar-refractivity contribution in [3.05, 3.63) is 83.6 Å². The van der Waals surface area contributed by atoms with Crippen LogP contribution in [0.2, 0.25) is 0 Å². The van der Waals surface area contributed by atoms with E-state index in [1.54, 1.807) is 42.6 Å². The summed E-state index contributed by atoms with van der Waals surface area (Å²) in [4.78, 5) is 43.0. The topological polar surface area (TPSA) is 97.8 Å². The minimum absolute atomic E-state index is 0.0739. The third-order valence-corrected chi connectivity index (χ3v) is 4.96. The molecule has 162 valence electrons. The molecule has 1 aromatic heterocycles. The zero-order valence-corrected chi connectivity index (χ0v) is 17.4. The fourth-order valence-electron chi connectivity index (χ4n) is 3.37. The van der Waals surface area contributed by atoms with Crippen molar-refractivity contribution in [3.8, 4) is 5.75 Å². The number of esters is 1. The van der Waals surface area contributed by atoms with Gasteiger partial charge in [-0.25, -0.2) is 14.6 Å². The lowest BCUT2D eigenvalue weighted by atomic mass is 10.0. The summed E-state index contributed by atoms with van der Waals surface area (Å²) in [5.74, 6) is 0.158. The lowest BCUT2D eigenvalue weighted by Crippen LogP contribution is -2.41. The molecule has 0 unspecified atom stereocenters. The second-order valence-electron chi connectivity index (χ2n) is 7.13. The number of ketones is 1. The smallest absolute Gasteiger partial charge is 0.337 e. The highest BCUT2D eigenvalue weighted by atomic mass is 16.5. The van der Waals surface area contributed by atoms with E-state index >= 15 is 0 Å². The molecule has 4 rings (SSSR count). The highest BCUT2D eigenvalue weighted by molar-refractivity contribution is 6.02. The molecule has 32 heavy (non-hydrogen) atoms. The minimum Gasteiger partial charge on any atom is -0.488 e. The molecule has 8 nitrogen and oxygen atoms in total. The van der Waals surface area contributed by atoms with Crippen LogP contribution in [0.5, 0.6) is 5.75 Å². The van der Waals surface area contributed by atoms with E-state index in [0.717, 1.165) is 0 Å². The molecule has 0 saturated carbocycles. The average molecular weight is 431 g/mol. The van der Waals surface area contributed by atoms with Gasteiger partial charge in [0.1, 0.15) is 6.61 Å². The van der Waals surface area contributed by atoms with Crippen LogP contribution in [0.3, 0.4) is 0 Å². The van der Waals surface area contributed by atoms with E-state index in [0.29, 0.717) is 47.1 Å². The van der Waals surface area contributed by atoms with Crippen LogP contribution < -0.4 is 15.0 Å². The summed E-state index contributed by atoms with van der Waals surface area (Å²) < 4.78 is 10.4. The summed E-state index contributed by atoms with van der Waals surface area (Å²) in [7, 11) is 1.29. The van der Waals surface area contributed by atoms with Crippen LogP contribution in [0.15, 0.2) is 66.9 Å². The molecule has 0 bridgehead atoms. The predicted molar refractivity (Wildman–Crippen MR) is 118 cm³/mol. The van der Waals surface area contributed by atoms with Gasteiger partial charge in [0.2, 0.25) is 0 Å². The van der Waals surface area contributed by atoms with Gasteiger partial charge in [-0.15, -0.1) is 0 Å². The van der Waals surface area contributed by atoms with Crippen LogP contribution in [0, 0.1) is 0 Å². The Morgan fingerprint density at radius 1 is 1.06 bits per heavy atom. The van der Waals surface area contributed by atoms with Crippen molar-refractivity contribution in [2.45, 2.75) is 6.42 Å². The van der Waals surface area contributed by atoms with E-state index in [9.17, 15) is 14.4 Å². The Kier molecular flexibility index (Phi) is 6.12. The monoisotopic (exact) mass is 431 g/mol. The molecule has 1 N–H and O–H groups in total. The largest absolute Gasteiger partial charge is 0.488 e. The quantitative estimate of drug-likeness (QED) is 0.488. The van der Waals surface area contributed by atoms with Gasteiger partial charge in [0.25, 0.3) is 0 Å². The maximum atomic E-state index is 12.7. The van der Waals surface area contributed by atoms with Crippen molar-refractivity contribution in [1.29, 1.82) is 0 Å². The van der Waals surface area contributed by atoms with Crippen LogP contribution in [-0.4, -0.2) is 43.0 Å².